The van der Waals surface area contributed by atoms with Crippen molar-refractivity contribution in [2.75, 3.05) is 40.1 Å². The van der Waals surface area contributed by atoms with Crippen molar-refractivity contribution in [3.8, 4) is 11.5 Å². The molecule has 2 aromatic rings. The van der Waals surface area contributed by atoms with Gasteiger partial charge in [0.1, 0.15) is 0 Å². The van der Waals surface area contributed by atoms with Crippen molar-refractivity contribution in [1.29, 1.82) is 0 Å². The van der Waals surface area contributed by atoms with Gasteiger partial charge in [-0.2, -0.15) is 16.1 Å². The summed E-state index contributed by atoms with van der Waals surface area (Å²) in [5.41, 5.74) is 1.23. The minimum Gasteiger partial charge on any atom is -0.493 e. The highest BCUT2D eigenvalue weighted by molar-refractivity contribution is 7.98. The second-order valence-electron chi connectivity index (χ2n) is 6.17. The molecule has 9 heteroatoms. The van der Waals surface area contributed by atoms with Crippen LogP contribution in [0.4, 0.5) is 0 Å². The normalized spacial score (nSPS) is 11.3. The van der Waals surface area contributed by atoms with E-state index in [9.17, 15) is 13.2 Å². The second kappa shape index (κ2) is 11.1. The first kappa shape index (κ1) is 23.1. The third kappa shape index (κ3) is 6.66. The first-order valence-corrected chi connectivity index (χ1v) is 11.5. The molecule has 0 radical (unpaired) electrons. The summed E-state index contributed by atoms with van der Waals surface area (Å²) in [7, 11) is 0.444. The minimum absolute atomic E-state index is 0.0314. The highest BCUT2D eigenvalue weighted by Gasteiger charge is 2.24. The molecular formula is C20H26N2O5S2. The van der Waals surface area contributed by atoms with E-state index < -0.39 is 10.0 Å². The quantitative estimate of drug-likeness (QED) is 0.542. The van der Waals surface area contributed by atoms with Gasteiger partial charge in [0.15, 0.2) is 11.5 Å². The van der Waals surface area contributed by atoms with Gasteiger partial charge in [-0.05, 0) is 17.7 Å². The van der Waals surface area contributed by atoms with Gasteiger partial charge < -0.3 is 14.8 Å². The van der Waals surface area contributed by atoms with Crippen molar-refractivity contribution in [3.05, 3.63) is 54.1 Å². The van der Waals surface area contributed by atoms with Crippen LogP contribution in [-0.2, 0) is 20.6 Å². The first-order chi connectivity index (χ1) is 13.9. The van der Waals surface area contributed by atoms with Crippen molar-refractivity contribution < 1.29 is 22.7 Å². The molecule has 0 bridgehead atoms. The van der Waals surface area contributed by atoms with Gasteiger partial charge in [-0.3, -0.25) is 4.79 Å². The molecule has 0 spiro atoms. The van der Waals surface area contributed by atoms with Gasteiger partial charge in [-0.1, -0.05) is 30.3 Å². The number of benzene rings is 2. The number of nitrogens with one attached hydrogen (secondary N) is 1. The standard InChI is InChI=1S/C20H26N2O5S2/c1-22(29(24,25)17-9-10-18(26-2)19(13-17)27-3)14-20(23)21-11-12-28-15-16-7-5-4-6-8-16/h4-10,13H,11-12,14-15H2,1-3H3,(H,21,23). The molecule has 29 heavy (non-hydrogen) atoms. The second-order valence-corrected chi connectivity index (χ2v) is 9.32. The van der Waals surface area contributed by atoms with Crippen LogP contribution >= 0.6 is 11.8 Å². The van der Waals surface area contributed by atoms with Crippen LogP contribution in [0.15, 0.2) is 53.4 Å². The van der Waals surface area contributed by atoms with E-state index in [2.05, 4.69) is 17.4 Å². The van der Waals surface area contributed by atoms with Gasteiger partial charge in [0.05, 0.1) is 25.7 Å². The fourth-order valence-electron chi connectivity index (χ4n) is 2.53. The number of carbonyl (C=O) groups is 1. The molecule has 0 fully saturated rings. The fraction of sp³-hybridized carbons (Fsp3) is 0.350. The third-order valence-corrected chi connectivity index (χ3v) is 6.94. The molecule has 0 atom stereocenters. The summed E-state index contributed by atoms with van der Waals surface area (Å²) in [5.74, 6) is 2.00. The Morgan fingerprint density at radius 2 is 1.76 bits per heavy atom. The summed E-state index contributed by atoms with van der Waals surface area (Å²) in [6.45, 7) is 0.209. The number of amides is 1. The topological polar surface area (TPSA) is 84.9 Å². The van der Waals surface area contributed by atoms with Crippen molar-refractivity contribution in [2.24, 2.45) is 0 Å². The fourth-order valence-corrected chi connectivity index (χ4v) is 4.49. The Balaban J connectivity index is 1.83. The lowest BCUT2D eigenvalue weighted by molar-refractivity contribution is -0.121. The van der Waals surface area contributed by atoms with Crippen molar-refractivity contribution in [2.45, 2.75) is 10.6 Å². The zero-order valence-corrected chi connectivity index (χ0v) is 18.4. The number of hydrogen-bond acceptors (Lipinski definition) is 6. The molecule has 1 amide bonds. The van der Waals surface area contributed by atoms with Crippen LogP contribution in [0.2, 0.25) is 0 Å². The molecule has 158 valence electrons. The molecule has 0 aliphatic heterocycles. The summed E-state index contributed by atoms with van der Waals surface area (Å²) in [6, 6.07) is 14.4. The average molecular weight is 439 g/mol. The van der Waals surface area contributed by atoms with E-state index in [1.807, 2.05) is 18.2 Å². The monoisotopic (exact) mass is 438 g/mol. The van der Waals surface area contributed by atoms with Crippen LogP contribution in [0, 0.1) is 0 Å². The highest BCUT2D eigenvalue weighted by atomic mass is 32.2. The number of sulfonamides is 1. The maximum Gasteiger partial charge on any atom is 0.243 e. The number of hydrogen-bond donors (Lipinski definition) is 1. The minimum atomic E-state index is -3.83. The van der Waals surface area contributed by atoms with Gasteiger partial charge in [0.2, 0.25) is 15.9 Å². The molecule has 0 aliphatic rings. The largest absolute Gasteiger partial charge is 0.493 e. The number of ether oxygens (including phenoxy) is 2. The Labute approximate surface area is 176 Å². The molecule has 7 nitrogen and oxygen atoms in total. The van der Waals surface area contributed by atoms with Gasteiger partial charge in [0, 0.05) is 31.2 Å². The Bertz CT molecular complexity index is 904. The van der Waals surface area contributed by atoms with E-state index in [-0.39, 0.29) is 17.3 Å². The molecule has 0 unspecified atom stereocenters. The average Bonchev–Trinajstić information content (AvgIpc) is 2.73. The summed E-state index contributed by atoms with van der Waals surface area (Å²) in [4.78, 5) is 12.1. The molecule has 0 saturated carbocycles. The molecule has 0 heterocycles. The van der Waals surface area contributed by atoms with Crippen LogP contribution in [0.1, 0.15) is 5.56 Å². The van der Waals surface area contributed by atoms with Crippen LogP contribution in [0.25, 0.3) is 0 Å². The Hall–Kier alpha value is -2.23. The Kier molecular flexibility index (Phi) is 8.81. The van der Waals surface area contributed by atoms with E-state index in [1.165, 1.54) is 45.0 Å². The van der Waals surface area contributed by atoms with Gasteiger partial charge in [-0.25, -0.2) is 8.42 Å². The molecule has 2 rings (SSSR count). The number of nitrogens with zero attached hydrogens (tertiary/aromatic N) is 1. The molecule has 2 aromatic carbocycles. The van der Waals surface area contributed by atoms with Crippen molar-refractivity contribution in [1.82, 2.24) is 9.62 Å². The van der Waals surface area contributed by atoms with Crippen LogP contribution in [0.5, 0.6) is 11.5 Å². The molecule has 1 N–H and O–H groups in total. The summed E-state index contributed by atoms with van der Waals surface area (Å²) in [5, 5.41) is 2.75. The smallest absolute Gasteiger partial charge is 0.243 e. The maximum atomic E-state index is 12.7. The molecule has 0 aliphatic carbocycles. The van der Waals surface area contributed by atoms with Gasteiger partial charge in [-0.15, -0.1) is 0 Å². The van der Waals surface area contributed by atoms with Crippen molar-refractivity contribution >= 4 is 27.7 Å². The summed E-state index contributed by atoms with van der Waals surface area (Å²) in [6.07, 6.45) is 0. The van der Waals surface area contributed by atoms with Gasteiger partial charge >= 0.3 is 0 Å². The number of likely N-dealkylation sites (N-methyl/N-ethyl adjacent to an activating group) is 1. The SMILES string of the molecule is COc1ccc(S(=O)(=O)N(C)CC(=O)NCCSCc2ccccc2)cc1OC. The predicted molar refractivity (Wildman–Crippen MR) is 115 cm³/mol. The highest BCUT2D eigenvalue weighted by Crippen LogP contribution is 2.30. The Morgan fingerprint density at radius 1 is 1.07 bits per heavy atom. The van der Waals surface area contributed by atoms with E-state index in [1.54, 1.807) is 11.8 Å². The number of thioether (sulfide) groups is 1. The molecular weight excluding hydrogens is 412 g/mol. The lowest BCUT2D eigenvalue weighted by Gasteiger charge is -2.18. The van der Waals surface area contributed by atoms with Crippen LogP contribution < -0.4 is 14.8 Å². The number of rotatable bonds is 11. The zero-order valence-electron chi connectivity index (χ0n) is 16.8. The summed E-state index contributed by atoms with van der Waals surface area (Å²) >= 11 is 1.70. The predicted octanol–water partition coefficient (Wildman–Crippen LogP) is 2.37. The van der Waals surface area contributed by atoms with E-state index >= 15 is 0 Å². The third-order valence-electron chi connectivity index (χ3n) is 4.11. The van der Waals surface area contributed by atoms with E-state index in [0.717, 1.165) is 15.8 Å². The van der Waals surface area contributed by atoms with Crippen LogP contribution in [0.3, 0.4) is 0 Å². The summed E-state index contributed by atoms with van der Waals surface area (Å²) < 4.78 is 36.7. The maximum absolute atomic E-state index is 12.7. The van der Waals surface area contributed by atoms with Crippen molar-refractivity contribution in [3.63, 3.8) is 0 Å². The zero-order chi connectivity index (χ0) is 21.3. The lowest BCUT2D eigenvalue weighted by Crippen LogP contribution is -2.39. The first-order valence-electron chi connectivity index (χ1n) is 8.95. The molecule has 0 aromatic heterocycles. The lowest BCUT2D eigenvalue weighted by atomic mass is 10.2. The number of carbonyl (C=O) groups excluding carboxylic acids is 1. The number of methoxy groups -OCH3 is 2. The Morgan fingerprint density at radius 3 is 2.41 bits per heavy atom. The van der Waals surface area contributed by atoms with Crippen LogP contribution in [-0.4, -0.2) is 58.7 Å². The molecule has 0 saturated heterocycles. The van der Waals surface area contributed by atoms with E-state index in [0.29, 0.717) is 18.0 Å². The van der Waals surface area contributed by atoms with E-state index in [4.69, 9.17) is 9.47 Å². The van der Waals surface area contributed by atoms with Gasteiger partial charge in [0.25, 0.3) is 0 Å².